The molecule has 0 spiro atoms. The molecule has 28 heavy (non-hydrogen) atoms. The fourth-order valence-electron chi connectivity index (χ4n) is 4.22. The zero-order valence-corrected chi connectivity index (χ0v) is 17.9. The molecular weight excluding hydrogens is 342 g/mol. The van der Waals surface area contributed by atoms with E-state index in [0.29, 0.717) is 0 Å². The van der Waals surface area contributed by atoms with Crippen LogP contribution in [0.15, 0.2) is 36.4 Å². The summed E-state index contributed by atoms with van der Waals surface area (Å²) in [6.45, 7) is 5.34. The van der Waals surface area contributed by atoms with Gasteiger partial charge in [0.15, 0.2) is 0 Å². The molecule has 1 aliphatic rings. The number of benzene rings is 1. The van der Waals surface area contributed by atoms with Gasteiger partial charge >= 0.3 is 0 Å². The first kappa shape index (κ1) is 20.9. The molecule has 1 heterocycles. The number of rotatable bonds is 11. The van der Waals surface area contributed by atoms with Gasteiger partial charge in [-0.2, -0.15) is 0 Å². The van der Waals surface area contributed by atoms with E-state index in [4.69, 9.17) is 9.72 Å². The third-order valence-corrected chi connectivity index (χ3v) is 6.00. The molecule has 0 bridgehead atoms. The number of hydrogen-bond acceptors (Lipinski definition) is 2. The van der Waals surface area contributed by atoms with Crippen LogP contribution in [-0.4, -0.2) is 11.6 Å². The second kappa shape index (κ2) is 11.2. The van der Waals surface area contributed by atoms with Crippen molar-refractivity contribution in [2.75, 3.05) is 6.61 Å². The van der Waals surface area contributed by atoms with Gasteiger partial charge in [0.25, 0.3) is 0 Å². The van der Waals surface area contributed by atoms with Gasteiger partial charge in [-0.05, 0) is 67.5 Å². The first-order valence-corrected chi connectivity index (χ1v) is 11.5. The van der Waals surface area contributed by atoms with Crippen LogP contribution >= 0.6 is 0 Å². The molecule has 1 aromatic carbocycles. The summed E-state index contributed by atoms with van der Waals surface area (Å²) in [5.74, 6) is 1.83. The number of aromatic nitrogens is 1. The van der Waals surface area contributed by atoms with Crippen LogP contribution in [-0.2, 0) is 12.8 Å². The standard InChI is InChI=1S/C26H37NO/c1-3-5-7-9-19-28-24-15-12-22(13-16-24)25-18-14-23-20-21(10-8-6-4-2)11-17-26(23)27-25/h12-16,18,21H,3-11,17,19-20H2,1-2H3/t21-/m1/s1. The van der Waals surface area contributed by atoms with Crippen LogP contribution in [0.3, 0.4) is 0 Å². The number of aryl methyl sites for hydroxylation is 1. The Morgan fingerprint density at radius 1 is 0.893 bits per heavy atom. The Morgan fingerprint density at radius 3 is 2.46 bits per heavy atom. The highest BCUT2D eigenvalue weighted by molar-refractivity contribution is 5.60. The molecule has 1 atom stereocenters. The summed E-state index contributed by atoms with van der Waals surface area (Å²) in [5, 5.41) is 0. The first-order chi connectivity index (χ1) is 13.8. The molecule has 2 nitrogen and oxygen atoms in total. The molecule has 0 radical (unpaired) electrons. The highest BCUT2D eigenvalue weighted by Gasteiger charge is 2.19. The normalized spacial score (nSPS) is 16.0. The minimum Gasteiger partial charge on any atom is -0.494 e. The lowest BCUT2D eigenvalue weighted by atomic mass is 9.83. The molecule has 0 aliphatic heterocycles. The molecule has 0 unspecified atom stereocenters. The highest BCUT2D eigenvalue weighted by Crippen LogP contribution is 2.30. The first-order valence-electron chi connectivity index (χ1n) is 11.5. The van der Waals surface area contributed by atoms with Crippen LogP contribution in [0.4, 0.5) is 0 Å². The van der Waals surface area contributed by atoms with E-state index in [9.17, 15) is 0 Å². The van der Waals surface area contributed by atoms with E-state index in [0.717, 1.165) is 36.8 Å². The molecule has 2 heteroatoms. The van der Waals surface area contributed by atoms with Gasteiger partial charge < -0.3 is 4.74 Å². The van der Waals surface area contributed by atoms with Crippen molar-refractivity contribution in [2.45, 2.75) is 84.5 Å². The van der Waals surface area contributed by atoms with Crippen molar-refractivity contribution in [1.29, 1.82) is 0 Å². The maximum Gasteiger partial charge on any atom is 0.119 e. The van der Waals surface area contributed by atoms with E-state index in [1.165, 1.54) is 74.6 Å². The zero-order valence-electron chi connectivity index (χ0n) is 17.9. The lowest BCUT2D eigenvalue weighted by Gasteiger charge is -2.24. The van der Waals surface area contributed by atoms with Crippen molar-refractivity contribution in [2.24, 2.45) is 5.92 Å². The molecular formula is C26H37NO. The smallest absolute Gasteiger partial charge is 0.119 e. The lowest BCUT2D eigenvalue weighted by Crippen LogP contribution is -2.15. The molecule has 0 fully saturated rings. The third kappa shape index (κ3) is 6.09. The quantitative estimate of drug-likeness (QED) is 0.380. The van der Waals surface area contributed by atoms with Gasteiger partial charge in [0.05, 0.1) is 12.3 Å². The minimum absolute atomic E-state index is 0.815. The summed E-state index contributed by atoms with van der Waals surface area (Å²) >= 11 is 0. The number of pyridine rings is 1. The zero-order chi connectivity index (χ0) is 19.6. The van der Waals surface area contributed by atoms with Crippen LogP contribution in [0.5, 0.6) is 5.75 Å². The average molecular weight is 380 g/mol. The van der Waals surface area contributed by atoms with Gasteiger partial charge in [-0.25, -0.2) is 0 Å². The van der Waals surface area contributed by atoms with Crippen LogP contribution in [0.1, 0.15) is 82.9 Å². The number of fused-ring (bicyclic) bond motifs is 1. The fraction of sp³-hybridized carbons (Fsp3) is 0.577. The Labute approximate surface area is 171 Å². The van der Waals surface area contributed by atoms with E-state index in [1.807, 2.05) is 0 Å². The molecule has 152 valence electrons. The van der Waals surface area contributed by atoms with Crippen molar-refractivity contribution in [3.05, 3.63) is 47.7 Å². The Kier molecular flexibility index (Phi) is 8.39. The monoisotopic (exact) mass is 379 g/mol. The largest absolute Gasteiger partial charge is 0.494 e. The van der Waals surface area contributed by atoms with Crippen molar-refractivity contribution in [3.63, 3.8) is 0 Å². The van der Waals surface area contributed by atoms with Crippen molar-refractivity contribution < 1.29 is 4.74 Å². The summed E-state index contributed by atoms with van der Waals surface area (Å²) in [6, 6.07) is 13.0. The van der Waals surface area contributed by atoms with Crippen LogP contribution in [0, 0.1) is 5.92 Å². The number of hydrogen-bond donors (Lipinski definition) is 0. The average Bonchev–Trinajstić information content (AvgIpc) is 2.74. The summed E-state index contributed by atoms with van der Waals surface area (Å²) < 4.78 is 5.87. The molecule has 3 rings (SSSR count). The van der Waals surface area contributed by atoms with E-state index in [1.54, 1.807) is 0 Å². The summed E-state index contributed by atoms with van der Waals surface area (Å²) in [5.41, 5.74) is 5.08. The summed E-state index contributed by atoms with van der Waals surface area (Å²) in [4.78, 5) is 5.00. The van der Waals surface area contributed by atoms with Crippen LogP contribution in [0.25, 0.3) is 11.3 Å². The van der Waals surface area contributed by atoms with E-state index < -0.39 is 0 Å². The molecule has 0 saturated carbocycles. The predicted octanol–water partition coefficient (Wildman–Crippen LogP) is 7.39. The molecule has 1 aromatic heterocycles. The molecule has 0 N–H and O–H groups in total. The molecule has 1 aliphatic carbocycles. The van der Waals surface area contributed by atoms with Crippen LogP contribution < -0.4 is 4.74 Å². The maximum absolute atomic E-state index is 5.87. The van der Waals surface area contributed by atoms with Gasteiger partial charge in [0, 0.05) is 11.3 Å². The third-order valence-electron chi connectivity index (χ3n) is 6.00. The Balaban J connectivity index is 1.55. The topological polar surface area (TPSA) is 22.1 Å². The summed E-state index contributed by atoms with van der Waals surface area (Å²) in [7, 11) is 0. The number of unbranched alkanes of at least 4 members (excludes halogenated alkanes) is 5. The van der Waals surface area contributed by atoms with Crippen molar-refractivity contribution in [1.82, 2.24) is 4.98 Å². The van der Waals surface area contributed by atoms with E-state index >= 15 is 0 Å². The Bertz CT molecular complexity index is 707. The lowest BCUT2D eigenvalue weighted by molar-refractivity contribution is 0.305. The Hall–Kier alpha value is -1.83. The maximum atomic E-state index is 5.87. The SMILES string of the molecule is CCCCCCOc1ccc(-c2ccc3c(n2)CC[C@@H](CCCCC)C3)cc1. The van der Waals surface area contributed by atoms with Gasteiger partial charge in [-0.1, -0.05) is 64.9 Å². The fourth-order valence-corrected chi connectivity index (χ4v) is 4.22. The molecule has 2 aromatic rings. The second-order valence-corrected chi connectivity index (χ2v) is 8.34. The van der Waals surface area contributed by atoms with Crippen LogP contribution in [0.2, 0.25) is 0 Å². The minimum atomic E-state index is 0.815. The van der Waals surface area contributed by atoms with Gasteiger partial charge in [0.2, 0.25) is 0 Å². The van der Waals surface area contributed by atoms with Gasteiger partial charge in [-0.3, -0.25) is 4.98 Å². The number of ether oxygens (including phenoxy) is 1. The second-order valence-electron chi connectivity index (χ2n) is 8.34. The van der Waals surface area contributed by atoms with Gasteiger partial charge in [-0.15, -0.1) is 0 Å². The highest BCUT2D eigenvalue weighted by atomic mass is 16.5. The van der Waals surface area contributed by atoms with Gasteiger partial charge in [0.1, 0.15) is 5.75 Å². The van der Waals surface area contributed by atoms with Crippen molar-refractivity contribution >= 4 is 0 Å². The summed E-state index contributed by atoms with van der Waals surface area (Å²) in [6.07, 6.45) is 14.1. The predicted molar refractivity (Wildman–Crippen MR) is 119 cm³/mol. The molecule has 0 amide bonds. The van der Waals surface area contributed by atoms with E-state index in [-0.39, 0.29) is 0 Å². The number of nitrogens with zero attached hydrogens (tertiary/aromatic N) is 1. The molecule has 0 saturated heterocycles. The van der Waals surface area contributed by atoms with Crippen molar-refractivity contribution in [3.8, 4) is 17.0 Å². The Morgan fingerprint density at radius 2 is 1.68 bits per heavy atom. The van der Waals surface area contributed by atoms with E-state index in [2.05, 4.69) is 50.2 Å².